The molecular formula is C18H16ClFO. The summed E-state index contributed by atoms with van der Waals surface area (Å²) in [5.74, 6) is 0.0478. The average molecular weight is 303 g/mol. The second-order valence-electron chi connectivity index (χ2n) is 4.76. The van der Waals surface area contributed by atoms with Crippen molar-refractivity contribution in [2.45, 2.75) is 13.3 Å². The molecule has 0 heterocycles. The molecular weight excluding hydrogens is 287 g/mol. The average Bonchev–Trinajstić information content (AvgIpc) is 2.49. The van der Waals surface area contributed by atoms with Gasteiger partial charge >= 0.3 is 0 Å². The Balaban J connectivity index is 2.31. The van der Waals surface area contributed by atoms with E-state index in [1.54, 1.807) is 6.07 Å². The van der Waals surface area contributed by atoms with Crippen LogP contribution in [0.3, 0.4) is 0 Å². The number of alkyl halides is 1. The molecule has 0 saturated heterocycles. The monoisotopic (exact) mass is 302 g/mol. The van der Waals surface area contributed by atoms with Crippen molar-refractivity contribution in [3.8, 4) is 0 Å². The maximum absolute atomic E-state index is 12.9. The van der Waals surface area contributed by atoms with Gasteiger partial charge in [0.15, 0.2) is 5.78 Å². The van der Waals surface area contributed by atoms with Crippen molar-refractivity contribution in [1.82, 2.24) is 0 Å². The van der Waals surface area contributed by atoms with Crippen LogP contribution in [-0.2, 0) is 6.42 Å². The fourth-order valence-electron chi connectivity index (χ4n) is 2.18. The molecule has 2 aromatic carbocycles. The molecule has 108 valence electrons. The van der Waals surface area contributed by atoms with Crippen molar-refractivity contribution in [1.29, 1.82) is 0 Å². The van der Waals surface area contributed by atoms with E-state index < -0.39 is 0 Å². The first kappa shape index (κ1) is 15.5. The highest BCUT2D eigenvalue weighted by atomic mass is 35.5. The van der Waals surface area contributed by atoms with E-state index in [-0.39, 0.29) is 11.6 Å². The van der Waals surface area contributed by atoms with Crippen LogP contribution in [0.4, 0.5) is 4.39 Å². The summed E-state index contributed by atoms with van der Waals surface area (Å²) in [4.78, 5) is 12.5. The molecule has 0 aliphatic heterocycles. The van der Waals surface area contributed by atoms with Gasteiger partial charge in [0.05, 0.1) is 0 Å². The molecule has 0 aromatic heterocycles. The molecule has 3 heteroatoms. The SMILES string of the molecule is Cc1c(CC=CCCl)cccc1C(=O)c1ccc(F)cc1. The first-order valence-electron chi connectivity index (χ1n) is 6.73. The van der Waals surface area contributed by atoms with Crippen LogP contribution in [-0.4, -0.2) is 11.7 Å². The van der Waals surface area contributed by atoms with Crippen LogP contribution in [0.5, 0.6) is 0 Å². The highest BCUT2D eigenvalue weighted by molar-refractivity contribution is 6.18. The van der Waals surface area contributed by atoms with Crippen LogP contribution in [0.15, 0.2) is 54.6 Å². The lowest BCUT2D eigenvalue weighted by molar-refractivity contribution is 0.103. The molecule has 21 heavy (non-hydrogen) atoms. The second-order valence-corrected chi connectivity index (χ2v) is 5.06. The van der Waals surface area contributed by atoms with Gasteiger partial charge in [0.2, 0.25) is 0 Å². The van der Waals surface area contributed by atoms with Gasteiger partial charge in [-0.2, -0.15) is 0 Å². The van der Waals surface area contributed by atoms with Gasteiger partial charge in [-0.1, -0.05) is 30.4 Å². The molecule has 0 atom stereocenters. The van der Waals surface area contributed by atoms with E-state index in [4.69, 9.17) is 11.6 Å². The van der Waals surface area contributed by atoms with E-state index in [1.807, 2.05) is 31.2 Å². The number of benzene rings is 2. The number of hydrogen-bond donors (Lipinski definition) is 0. The van der Waals surface area contributed by atoms with Crippen molar-refractivity contribution in [2.24, 2.45) is 0 Å². The Morgan fingerprint density at radius 2 is 1.86 bits per heavy atom. The van der Waals surface area contributed by atoms with E-state index in [2.05, 4.69) is 0 Å². The number of halogens is 2. The smallest absolute Gasteiger partial charge is 0.193 e. The molecule has 0 spiro atoms. The highest BCUT2D eigenvalue weighted by Crippen LogP contribution is 2.19. The minimum absolute atomic E-state index is 0.0873. The molecule has 0 radical (unpaired) electrons. The molecule has 0 aliphatic carbocycles. The maximum Gasteiger partial charge on any atom is 0.193 e. The minimum Gasteiger partial charge on any atom is -0.289 e. The summed E-state index contributed by atoms with van der Waals surface area (Å²) in [5.41, 5.74) is 3.18. The van der Waals surface area contributed by atoms with Gasteiger partial charge < -0.3 is 0 Å². The Labute approximate surface area is 129 Å². The first-order chi connectivity index (χ1) is 10.1. The number of carbonyl (C=O) groups is 1. The van der Waals surface area contributed by atoms with Crippen molar-refractivity contribution in [2.75, 3.05) is 5.88 Å². The summed E-state index contributed by atoms with van der Waals surface area (Å²) in [6.07, 6.45) is 4.61. The Kier molecular flexibility index (Phi) is 5.29. The summed E-state index contributed by atoms with van der Waals surface area (Å²) >= 11 is 5.61. The van der Waals surface area contributed by atoms with E-state index in [9.17, 15) is 9.18 Å². The molecule has 2 rings (SSSR count). The van der Waals surface area contributed by atoms with Gasteiger partial charge in [0.1, 0.15) is 5.82 Å². The summed E-state index contributed by atoms with van der Waals surface area (Å²) in [6.45, 7) is 1.93. The van der Waals surface area contributed by atoms with Crippen LogP contribution in [0.2, 0.25) is 0 Å². The normalized spacial score (nSPS) is 11.0. The van der Waals surface area contributed by atoms with Gasteiger partial charge in [0, 0.05) is 17.0 Å². The van der Waals surface area contributed by atoms with Crippen molar-refractivity contribution in [3.63, 3.8) is 0 Å². The number of allylic oxidation sites excluding steroid dienone is 2. The molecule has 0 saturated carbocycles. The Hall–Kier alpha value is -1.93. The topological polar surface area (TPSA) is 17.1 Å². The largest absolute Gasteiger partial charge is 0.289 e. The summed E-state index contributed by atoms with van der Waals surface area (Å²) in [7, 11) is 0. The zero-order valence-corrected chi connectivity index (χ0v) is 12.5. The van der Waals surface area contributed by atoms with Crippen LogP contribution >= 0.6 is 11.6 Å². The van der Waals surface area contributed by atoms with Crippen LogP contribution in [0, 0.1) is 12.7 Å². The molecule has 0 N–H and O–H groups in total. The molecule has 0 fully saturated rings. The van der Waals surface area contributed by atoms with Crippen LogP contribution < -0.4 is 0 Å². The quantitative estimate of drug-likeness (QED) is 0.444. The van der Waals surface area contributed by atoms with E-state index >= 15 is 0 Å². The van der Waals surface area contributed by atoms with Gasteiger partial charge in [-0.05, 0) is 48.7 Å². The molecule has 2 aromatic rings. The van der Waals surface area contributed by atoms with Crippen LogP contribution in [0.1, 0.15) is 27.0 Å². The van der Waals surface area contributed by atoms with Gasteiger partial charge in [-0.25, -0.2) is 4.39 Å². The summed E-state index contributed by atoms with van der Waals surface area (Å²) in [5, 5.41) is 0. The van der Waals surface area contributed by atoms with E-state index in [0.717, 1.165) is 17.5 Å². The lowest BCUT2D eigenvalue weighted by Gasteiger charge is -2.09. The zero-order chi connectivity index (χ0) is 15.2. The van der Waals surface area contributed by atoms with Gasteiger partial charge in [-0.3, -0.25) is 4.79 Å². The summed E-state index contributed by atoms with van der Waals surface area (Å²) in [6, 6.07) is 11.3. The minimum atomic E-state index is -0.344. The third kappa shape index (κ3) is 3.79. The fraction of sp³-hybridized carbons (Fsp3) is 0.167. The molecule has 0 bridgehead atoms. The van der Waals surface area contributed by atoms with Crippen LogP contribution in [0.25, 0.3) is 0 Å². The van der Waals surface area contributed by atoms with Crippen molar-refractivity contribution < 1.29 is 9.18 Å². The third-order valence-electron chi connectivity index (χ3n) is 3.39. The predicted octanol–water partition coefficient (Wildman–Crippen LogP) is 4.70. The summed E-state index contributed by atoms with van der Waals surface area (Å²) < 4.78 is 12.9. The van der Waals surface area contributed by atoms with Gasteiger partial charge in [0.25, 0.3) is 0 Å². The van der Waals surface area contributed by atoms with Crippen molar-refractivity contribution in [3.05, 3.63) is 82.7 Å². The Bertz CT molecular complexity index is 659. The number of ketones is 1. The Morgan fingerprint density at radius 3 is 2.52 bits per heavy atom. The standard InChI is InChI=1S/C18H16ClFO/c1-13-14(5-2-3-12-19)6-4-7-17(13)18(21)15-8-10-16(20)11-9-15/h2-4,6-11H,5,12H2,1H3. The number of hydrogen-bond acceptors (Lipinski definition) is 1. The fourth-order valence-corrected chi connectivity index (χ4v) is 2.31. The number of carbonyl (C=O) groups excluding carboxylic acids is 1. The molecule has 0 aliphatic rings. The predicted molar refractivity (Wildman–Crippen MR) is 84.6 cm³/mol. The van der Waals surface area contributed by atoms with Crippen molar-refractivity contribution >= 4 is 17.4 Å². The second kappa shape index (κ2) is 7.19. The molecule has 0 amide bonds. The van der Waals surface area contributed by atoms with E-state index in [0.29, 0.717) is 17.0 Å². The zero-order valence-electron chi connectivity index (χ0n) is 11.8. The molecule has 1 nitrogen and oxygen atoms in total. The highest BCUT2D eigenvalue weighted by Gasteiger charge is 2.13. The third-order valence-corrected chi connectivity index (χ3v) is 3.57. The number of rotatable bonds is 5. The lowest BCUT2D eigenvalue weighted by Crippen LogP contribution is -2.05. The molecule has 0 unspecified atom stereocenters. The van der Waals surface area contributed by atoms with Gasteiger partial charge in [-0.15, -0.1) is 11.6 Å². The Morgan fingerprint density at radius 1 is 1.14 bits per heavy atom. The maximum atomic E-state index is 12.9. The first-order valence-corrected chi connectivity index (χ1v) is 7.26. The lowest BCUT2D eigenvalue weighted by atomic mass is 9.94. The van der Waals surface area contributed by atoms with E-state index in [1.165, 1.54) is 24.3 Å².